The van der Waals surface area contributed by atoms with E-state index in [9.17, 15) is 22.4 Å². The van der Waals surface area contributed by atoms with Gasteiger partial charge in [-0.2, -0.15) is 17.6 Å². The molecule has 0 unspecified atom stereocenters. The van der Waals surface area contributed by atoms with Gasteiger partial charge in [-0.3, -0.25) is 4.79 Å². The standard InChI is InChI=1S/C15H11BrF4N2O/c1-8-7-21(10-4-2-9(3-5-10)15(18,19)20)14(23)13-11(16)6-12(17)22(8)13/h2-6,8H,7H2,1H3/t8-/m0/s1. The Balaban J connectivity index is 1.99. The Morgan fingerprint density at radius 2 is 1.83 bits per heavy atom. The highest BCUT2D eigenvalue weighted by Crippen LogP contribution is 2.35. The summed E-state index contributed by atoms with van der Waals surface area (Å²) in [6.45, 7) is 1.91. The van der Waals surface area contributed by atoms with Gasteiger partial charge in [0.15, 0.2) is 5.95 Å². The van der Waals surface area contributed by atoms with Crippen molar-refractivity contribution < 1.29 is 22.4 Å². The second-order valence-electron chi connectivity index (χ2n) is 5.34. The Morgan fingerprint density at radius 3 is 2.39 bits per heavy atom. The zero-order valence-corrected chi connectivity index (χ0v) is 13.4. The van der Waals surface area contributed by atoms with Gasteiger partial charge < -0.3 is 9.47 Å². The summed E-state index contributed by atoms with van der Waals surface area (Å²) in [5.74, 6) is -0.988. The smallest absolute Gasteiger partial charge is 0.308 e. The summed E-state index contributed by atoms with van der Waals surface area (Å²) in [4.78, 5) is 13.9. The number of rotatable bonds is 1. The monoisotopic (exact) mass is 390 g/mol. The molecule has 3 rings (SSSR count). The van der Waals surface area contributed by atoms with Gasteiger partial charge in [-0.05, 0) is 47.1 Å². The Morgan fingerprint density at radius 1 is 1.22 bits per heavy atom. The lowest BCUT2D eigenvalue weighted by molar-refractivity contribution is -0.137. The molecule has 1 aliphatic heterocycles. The molecule has 0 saturated heterocycles. The molecule has 2 heterocycles. The van der Waals surface area contributed by atoms with E-state index in [1.807, 2.05) is 0 Å². The predicted octanol–water partition coefficient (Wildman–Crippen LogP) is 4.63. The van der Waals surface area contributed by atoms with E-state index in [0.717, 1.165) is 12.1 Å². The molecule has 122 valence electrons. The fraction of sp³-hybridized carbons (Fsp3) is 0.267. The number of carbonyl (C=O) groups is 1. The van der Waals surface area contributed by atoms with Crippen LogP contribution in [0, 0.1) is 5.95 Å². The quantitative estimate of drug-likeness (QED) is 0.651. The van der Waals surface area contributed by atoms with Crippen LogP contribution >= 0.6 is 15.9 Å². The molecule has 1 amide bonds. The molecular formula is C15H11BrF4N2O. The topological polar surface area (TPSA) is 25.2 Å². The fourth-order valence-corrected chi connectivity index (χ4v) is 3.26. The minimum atomic E-state index is -4.43. The third-order valence-electron chi connectivity index (χ3n) is 3.78. The zero-order chi connectivity index (χ0) is 16.9. The average Bonchev–Trinajstić information content (AvgIpc) is 2.77. The van der Waals surface area contributed by atoms with Gasteiger partial charge >= 0.3 is 6.18 Å². The molecule has 0 N–H and O–H groups in total. The minimum absolute atomic E-state index is 0.154. The van der Waals surface area contributed by atoms with E-state index in [1.54, 1.807) is 6.92 Å². The molecular weight excluding hydrogens is 380 g/mol. The normalized spacial score (nSPS) is 18.3. The van der Waals surface area contributed by atoms with Gasteiger partial charge in [0.2, 0.25) is 0 Å². The summed E-state index contributed by atoms with van der Waals surface area (Å²) < 4.78 is 53.3. The molecule has 0 fully saturated rings. The van der Waals surface area contributed by atoms with Gasteiger partial charge in [0, 0.05) is 18.3 Å². The molecule has 1 aromatic carbocycles. The summed E-state index contributed by atoms with van der Waals surface area (Å²) in [5, 5.41) is 0. The van der Waals surface area contributed by atoms with Gasteiger partial charge in [-0.25, -0.2) is 0 Å². The molecule has 0 radical (unpaired) electrons. The van der Waals surface area contributed by atoms with Crippen molar-refractivity contribution in [1.82, 2.24) is 4.57 Å². The van der Waals surface area contributed by atoms with E-state index in [4.69, 9.17) is 0 Å². The van der Waals surface area contributed by atoms with Crippen molar-refractivity contribution in [2.24, 2.45) is 0 Å². The summed E-state index contributed by atoms with van der Waals surface area (Å²) in [7, 11) is 0. The SMILES string of the molecule is C[C@H]1CN(c2ccc(C(F)(F)F)cc2)C(=O)c2c(Br)cc(F)n21. The molecule has 0 aliphatic carbocycles. The van der Waals surface area contributed by atoms with Crippen LogP contribution in [0.1, 0.15) is 29.0 Å². The average molecular weight is 391 g/mol. The van der Waals surface area contributed by atoms with Crippen molar-refractivity contribution in [2.75, 3.05) is 11.4 Å². The second-order valence-corrected chi connectivity index (χ2v) is 6.20. The number of aromatic nitrogens is 1. The van der Waals surface area contributed by atoms with Crippen molar-refractivity contribution in [1.29, 1.82) is 0 Å². The summed E-state index contributed by atoms with van der Waals surface area (Å²) in [6.07, 6.45) is -4.43. The van der Waals surface area contributed by atoms with Crippen LogP contribution in [0.15, 0.2) is 34.8 Å². The third-order valence-corrected chi connectivity index (χ3v) is 4.39. The third kappa shape index (κ3) is 2.65. The number of halogens is 5. The first-order chi connectivity index (χ1) is 10.7. The first-order valence-corrected chi connectivity index (χ1v) is 7.55. The van der Waals surface area contributed by atoms with Crippen LogP contribution in [0.5, 0.6) is 0 Å². The Bertz CT molecular complexity index is 767. The number of alkyl halides is 3. The summed E-state index contributed by atoms with van der Waals surface area (Å²) in [6, 6.07) is 5.22. The van der Waals surface area contributed by atoms with Crippen LogP contribution in [-0.2, 0) is 6.18 Å². The molecule has 0 bridgehead atoms. The molecule has 3 nitrogen and oxygen atoms in total. The number of hydrogen-bond donors (Lipinski definition) is 0. The van der Waals surface area contributed by atoms with Crippen LogP contribution < -0.4 is 4.90 Å². The number of benzene rings is 1. The van der Waals surface area contributed by atoms with Crippen LogP contribution in [-0.4, -0.2) is 17.0 Å². The van der Waals surface area contributed by atoms with E-state index in [1.165, 1.54) is 27.7 Å². The zero-order valence-electron chi connectivity index (χ0n) is 11.9. The van der Waals surface area contributed by atoms with E-state index < -0.39 is 23.6 Å². The molecule has 1 aromatic heterocycles. The highest BCUT2D eigenvalue weighted by atomic mass is 79.9. The molecule has 0 saturated carbocycles. The largest absolute Gasteiger partial charge is 0.416 e. The Labute approximate surface area is 137 Å². The fourth-order valence-electron chi connectivity index (χ4n) is 2.71. The molecule has 2 aromatic rings. The lowest BCUT2D eigenvalue weighted by atomic mass is 10.1. The Kier molecular flexibility index (Phi) is 3.74. The van der Waals surface area contributed by atoms with Crippen LogP contribution in [0.2, 0.25) is 0 Å². The summed E-state index contributed by atoms with van der Waals surface area (Å²) >= 11 is 3.15. The molecule has 8 heteroatoms. The second kappa shape index (κ2) is 5.36. The van der Waals surface area contributed by atoms with Crippen molar-refractivity contribution in [3.63, 3.8) is 0 Å². The van der Waals surface area contributed by atoms with Gasteiger partial charge in [0.05, 0.1) is 16.1 Å². The molecule has 1 aliphatic rings. The van der Waals surface area contributed by atoms with Crippen molar-refractivity contribution in [2.45, 2.75) is 19.1 Å². The number of fused-ring (bicyclic) bond motifs is 1. The van der Waals surface area contributed by atoms with Crippen LogP contribution in [0.3, 0.4) is 0 Å². The molecule has 0 spiro atoms. The van der Waals surface area contributed by atoms with Crippen molar-refractivity contribution in [3.8, 4) is 0 Å². The maximum atomic E-state index is 13.9. The van der Waals surface area contributed by atoms with Gasteiger partial charge in [0.25, 0.3) is 5.91 Å². The first-order valence-electron chi connectivity index (χ1n) is 6.75. The number of hydrogen-bond acceptors (Lipinski definition) is 1. The van der Waals surface area contributed by atoms with Gasteiger partial charge in [-0.1, -0.05) is 0 Å². The van der Waals surface area contributed by atoms with E-state index in [2.05, 4.69) is 15.9 Å². The van der Waals surface area contributed by atoms with E-state index in [0.29, 0.717) is 10.2 Å². The van der Waals surface area contributed by atoms with Crippen molar-refractivity contribution >= 4 is 27.5 Å². The Hall–Kier alpha value is -1.83. The number of anilines is 1. The number of nitrogens with zero attached hydrogens (tertiary/aromatic N) is 2. The van der Waals surface area contributed by atoms with E-state index >= 15 is 0 Å². The molecule has 23 heavy (non-hydrogen) atoms. The molecule has 1 atom stereocenters. The van der Waals surface area contributed by atoms with Crippen LogP contribution in [0.25, 0.3) is 0 Å². The number of carbonyl (C=O) groups excluding carboxylic acids is 1. The van der Waals surface area contributed by atoms with Gasteiger partial charge in [0.1, 0.15) is 5.69 Å². The lowest BCUT2D eigenvalue weighted by Crippen LogP contribution is -2.42. The van der Waals surface area contributed by atoms with Gasteiger partial charge in [-0.15, -0.1) is 0 Å². The van der Waals surface area contributed by atoms with Crippen LogP contribution in [0.4, 0.5) is 23.2 Å². The highest BCUT2D eigenvalue weighted by molar-refractivity contribution is 9.10. The highest BCUT2D eigenvalue weighted by Gasteiger charge is 2.35. The van der Waals surface area contributed by atoms with Crippen molar-refractivity contribution in [3.05, 3.63) is 52.0 Å². The van der Waals surface area contributed by atoms with E-state index in [-0.39, 0.29) is 18.3 Å². The minimum Gasteiger partial charge on any atom is -0.308 e. The lowest BCUT2D eigenvalue weighted by Gasteiger charge is -2.33. The predicted molar refractivity (Wildman–Crippen MR) is 79.9 cm³/mol. The summed E-state index contributed by atoms with van der Waals surface area (Å²) in [5.41, 5.74) is -0.287. The first kappa shape index (κ1) is 16.0. The number of amides is 1. The maximum Gasteiger partial charge on any atom is 0.416 e. The maximum absolute atomic E-state index is 13.9.